The lowest BCUT2D eigenvalue weighted by molar-refractivity contribution is -0.122. The van der Waals surface area contributed by atoms with Gasteiger partial charge in [-0.25, -0.2) is 4.39 Å². The molecule has 0 aliphatic carbocycles. The number of carbonyl (C=O) groups is 1. The highest BCUT2D eigenvalue weighted by Gasteiger charge is 2.16. The molecule has 0 heterocycles. The Labute approximate surface area is 154 Å². The number of likely N-dealkylation sites (N-methyl/N-ethyl adjacent to an activating group) is 1. The maximum absolute atomic E-state index is 13.6. The number of hydrogen-bond acceptors (Lipinski definition) is 3. The summed E-state index contributed by atoms with van der Waals surface area (Å²) in [5.41, 5.74) is -0.260. The number of amides is 1. The fourth-order valence-corrected chi connectivity index (χ4v) is 2.87. The van der Waals surface area contributed by atoms with Gasteiger partial charge in [-0.1, -0.05) is 12.1 Å². The minimum Gasteiger partial charge on any atom is -0.357 e. The maximum Gasteiger partial charge on any atom is 0.240 e. The van der Waals surface area contributed by atoms with Gasteiger partial charge in [-0.2, -0.15) is 0 Å². The Morgan fingerprint density at radius 1 is 1.32 bits per heavy atom. The predicted molar refractivity (Wildman–Crippen MR) is 104 cm³/mol. The second kappa shape index (κ2) is 10.3. The van der Waals surface area contributed by atoms with Crippen LogP contribution in [0.2, 0.25) is 0 Å². The van der Waals surface area contributed by atoms with E-state index < -0.39 is 0 Å². The summed E-state index contributed by atoms with van der Waals surface area (Å²) in [6, 6.07) is 6.72. The fraction of sp³-hybridized carbons (Fsp3) is 0.556. The number of hydrogen-bond donors (Lipinski definition) is 2. The lowest BCUT2D eigenvalue weighted by Crippen LogP contribution is -2.48. The molecule has 1 rings (SSSR count). The van der Waals surface area contributed by atoms with Crippen molar-refractivity contribution in [1.82, 2.24) is 15.5 Å². The highest BCUT2D eigenvalue weighted by molar-refractivity contribution is 7.99. The van der Waals surface area contributed by atoms with Crippen molar-refractivity contribution in [3.05, 3.63) is 30.1 Å². The van der Waals surface area contributed by atoms with Crippen LogP contribution in [-0.4, -0.2) is 54.7 Å². The number of guanidine groups is 1. The average molecular weight is 369 g/mol. The molecule has 0 radical (unpaired) electrons. The SMILES string of the molecule is CCNC(=NCCSc1ccccc1F)N(C)CC(=O)NC(C)(C)C. The smallest absolute Gasteiger partial charge is 0.240 e. The summed E-state index contributed by atoms with van der Waals surface area (Å²) in [4.78, 5) is 19.0. The quantitative estimate of drug-likeness (QED) is 0.336. The van der Waals surface area contributed by atoms with Gasteiger partial charge in [-0.15, -0.1) is 11.8 Å². The highest BCUT2D eigenvalue weighted by Crippen LogP contribution is 2.20. The van der Waals surface area contributed by atoms with Gasteiger partial charge in [-0.3, -0.25) is 9.79 Å². The van der Waals surface area contributed by atoms with Crippen LogP contribution in [0.3, 0.4) is 0 Å². The number of nitrogens with one attached hydrogen (secondary N) is 2. The number of benzene rings is 1. The lowest BCUT2D eigenvalue weighted by atomic mass is 10.1. The summed E-state index contributed by atoms with van der Waals surface area (Å²) in [6.07, 6.45) is 0. The first-order valence-electron chi connectivity index (χ1n) is 8.40. The number of aliphatic imine (C=N–C) groups is 1. The highest BCUT2D eigenvalue weighted by atomic mass is 32.2. The van der Waals surface area contributed by atoms with E-state index in [0.29, 0.717) is 29.7 Å². The van der Waals surface area contributed by atoms with Crippen LogP contribution in [0.5, 0.6) is 0 Å². The first kappa shape index (κ1) is 21.3. The molecular weight excluding hydrogens is 339 g/mol. The van der Waals surface area contributed by atoms with Gasteiger partial charge in [0.05, 0.1) is 13.1 Å². The van der Waals surface area contributed by atoms with E-state index in [-0.39, 0.29) is 23.8 Å². The van der Waals surface area contributed by atoms with Crippen LogP contribution >= 0.6 is 11.8 Å². The molecule has 0 fully saturated rings. The van der Waals surface area contributed by atoms with Crippen molar-refractivity contribution in [2.24, 2.45) is 4.99 Å². The monoisotopic (exact) mass is 368 g/mol. The van der Waals surface area contributed by atoms with Gasteiger partial charge in [0.2, 0.25) is 5.91 Å². The summed E-state index contributed by atoms with van der Waals surface area (Å²) < 4.78 is 13.6. The van der Waals surface area contributed by atoms with Crippen molar-refractivity contribution in [1.29, 1.82) is 0 Å². The molecule has 0 aliphatic rings. The number of nitrogens with zero attached hydrogens (tertiary/aromatic N) is 2. The van der Waals surface area contributed by atoms with Crippen LogP contribution in [0.15, 0.2) is 34.2 Å². The second-order valence-electron chi connectivity index (χ2n) is 6.67. The Bertz CT molecular complexity index is 587. The molecule has 0 atom stereocenters. The third-order valence-corrected chi connectivity index (χ3v) is 4.07. The summed E-state index contributed by atoms with van der Waals surface area (Å²) in [5.74, 6) is 1.07. The van der Waals surface area contributed by atoms with E-state index in [9.17, 15) is 9.18 Å². The second-order valence-corrected chi connectivity index (χ2v) is 7.81. The van der Waals surface area contributed by atoms with E-state index in [1.807, 2.05) is 40.8 Å². The largest absolute Gasteiger partial charge is 0.357 e. The average Bonchev–Trinajstić information content (AvgIpc) is 2.49. The zero-order valence-electron chi connectivity index (χ0n) is 15.7. The minimum atomic E-state index is -0.260. The Morgan fingerprint density at radius 3 is 2.60 bits per heavy atom. The summed E-state index contributed by atoms with van der Waals surface area (Å²) >= 11 is 1.43. The first-order chi connectivity index (χ1) is 11.7. The van der Waals surface area contributed by atoms with Crippen molar-refractivity contribution in [2.75, 3.05) is 32.4 Å². The molecule has 0 saturated carbocycles. The summed E-state index contributed by atoms with van der Waals surface area (Å²) in [7, 11) is 1.83. The van der Waals surface area contributed by atoms with Gasteiger partial charge in [0, 0.05) is 29.8 Å². The molecule has 1 amide bonds. The Kier molecular flexibility index (Phi) is 8.75. The molecule has 0 saturated heterocycles. The van der Waals surface area contributed by atoms with Gasteiger partial charge < -0.3 is 15.5 Å². The summed E-state index contributed by atoms with van der Waals surface area (Å²) in [5, 5.41) is 6.11. The minimum absolute atomic E-state index is 0.0543. The molecule has 0 unspecified atom stereocenters. The van der Waals surface area contributed by atoms with Crippen LogP contribution in [0.1, 0.15) is 27.7 Å². The fourth-order valence-electron chi connectivity index (χ4n) is 2.09. The van der Waals surface area contributed by atoms with Crippen LogP contribution < -0.4 is 10.6 Å². The molecule has 0 spiro atoms. The number of halogens is 1. The van der Waals surface area contributed by atoms with Crippen molar-refractivity contribution in [2.45, 2.75) is 38.1 Å². The number of carbonyl (C=O) groups excluding carboxylic acids is 1. The standard InChI is InChI=1S/C18H29FN4OS/c1-6-20-17(23(5)13-16(24)22-18(2,3)4)21-11-12-25-15-10-8-7-9-14(15)19/h7-10H,6,11-13H2,1-5H3,(H,20,21)(H,22,24). The van der Waals surface area contributed by atoms with Gasteiger partial charge in [0.15, 0.2) is 5.96 Å². The van der Waals surface area contributed by atoms with Crippen molar-refractivity contribution in [3.8, 4) is 0 Å². The topological polar surface area (TPSA) is 56.7 Å². The Morgan fingerprint density at radius 2 is 2.00 bits per heavy atom. The molecule has 0 aromatic heterocycles. The van der Waals surface area contributed by atoms with E-state index in [1.165, 1.54) is 17.8 Å². The van der Waals surface area contributed by atoms with E-state index >= 15 is 0 Å². The van der Waals surface area contributed by atoms with Gasteiger partial charge in [0.1, 0.15) is 5.82 Å². The normalized spacial score (nSPS) is 12.0. The molecule has 1 aromatic rings. The maximum atomic E-state index is 13.6. The van der Waals surface area contributed by atoms with Crippen LogP contribution in [0.25, 0.3) is 0 Å². The lowest BCUT2D eigenvalue weighted by Gasteiger charge is -2.25. The van der Waals surface area contributed by atoms with Crippen molar-refractivity contribution >= 4 is 23.6 Å². The van der Waals surface area contributed by atoms with E-state index in [0.717, 1.165) is 0 Å². The molecule has 5 nitrogen and oxygen atoms in total. The van der Waals surface area contributed by atoms with Crippen LogP contribution in [0, 0.1) is 5.82 Å². The molecule has 1 aromatic carbocycles. The molecule has 2 N–H and O–H groups in total. The zero-order chi connectivity index (χ0) is 18.9. The van der Waals surface area contributed by atoms with E-state index in [2.05, 4.69) is 15.6 Å². The van der Waals surface area contributed by atoms with Crippen molar-refractivity contribution in [3.63, 3.8) is 0 Å². The first-order valence-corrected chi connectivity index (χ1v) is 9.39. The molecule has 7 heteroatoms. The molecular formula is C18H29FN4OS. The third-order valence-electron chi connectivity index (χ3n) is 3.04. The predicted octanol–water partition coefficient (Wildman–Crippen LogP) is 2.73. The number of rotatable bonds is 7. The third kappa shape index (κ3) is 8.77. The molecule has 25 heavy (non-hydrogen) atoms. The van der Waals surface area contributed by atoms with Gasteiger partial charge >= 0.3 is 0 Å². The summed E-state index contributed by atoms with van der Waals surface area (Å²) in [6.45, 7) is 9.30. The van der Waals surface area contributed by atoms with Gasteiger partial charge in [0.25, 0.3) is 0 Å². The van der Waals surface area contributed by atoms with Crippen molar-refractivity contribution < 1.29 is 9.18 Å². The van der Waals surface area contributed by atoms with Gasteiger partial charge in [-0.05, 0) is 39.8 Å². The van der Waals surface area contributed by atoms with E-state index in [4.69, 9.17) is 0 Å². The molecule has 0 bridgehead atoms. The molecule has 140 valence electrons. The van der Waals surface area contributed by atoms with Crippen LogP contribution in [-0.2, 0) is 4.79 Å². The zero-order valence-corrected chi connectivity index (χ0v) is 16.5. The Balaban J connectivity index is 2.55. The Hall–Kier alpha value is -1.76. The molecule has 0 aliphatic heterocycles. The number of thioether (sulfide) groups is 1. The van der Waals surface area contributed by atoms with Crippen LogP contribution in [0.4, 0.5) is 4.39 Å². The van der Waals surface area contributed by atoms with E-state index in [1.54, 1.807) is 17.0 Å².